The third kappa shape index (κ3) is 3.57. The van der Waals surface area contributed by atoms with Crippen LogP contribution < -0.4 is 10.5 Å². The van der Waals surface area contributed by atoms with Gasteiger partial charge in [0.05, 0.1) is 16.6 Å². The van der Waals surface area contributed by atoms with Crippen LogP contribution in [-0.2, 0) is 10.0 Å². The Hall–Kier alpha value is -0.850. The Morgan fingerprint density at radius 1 is 1.56 bits per heavy atom. The first-order valence-corrected chi connectivity index (χ1v) is 7.30. The average molecular weight is 292 g/mol. The Balaban J connectivity index is 0.00000162. The predicted octanol–water partition coefficient (Wildman–Crippen LogP) is 1.82. The molecule has 1 saturated carbocycles. The van der Waals surface area contributed by atoms with Gasteiger partial charge in [-0.2, -0.15) is 0 Å². The number of hydrogen-bond donors (Lipinski definition) is 2. The highest BCUT2D eigenvalue weighted by Gasteiger charge is 2.35. The molecule has 0 radical (unpaired) electrons. The van der Waals surface area contributed by atoms with Gasteiger partial charge in [0, 0.05) is 12.2 Å². The molecule has 0 aliphatic heterocycles. The fourth-order valence-corrected chi connectivity index (χ4v) is 2.93. The number of aromatic nitrogens is 1. The van der Waals surface area contributed by atoms with Gasteiger partial charge in [-0.3, -0.25) is 9.71 Å². The van der Waals surface area contributed by atoms with Crippen molar-refractivity contribution in [2.24, 2.45) is 5.73 Å². The van der Waals surface area contributed by atoms with Crippen molar-refractivity contribution in [3.63, 3.8) is 0 Å². The molecule has 102 valence electrons. The van der Waals surface area contributed by atoms with E-state index >= 15 is 0 Å². The van der Waals surface area contributed by atoms with Crippen LogP contribution in [0.3, 0.4) is 0 Å². The third-order valence-corrected chi connectivity index (χ3v) is 4.69. The summed E-state index contributed by atoms with van der Waals surface area (Å²) in [6, 6.07) is 3.19. The number of nitrogens with one attached hydrogen (secondary N) is 1. The summed E-state index contributed by atoms with van der Waals surface area (Å²) in [5.41, 5.74) is 7.12. The van der Waals surface area contributed by atoms with Crippen LogP contribution in [0.2, 0.25) is 0 Å². The fraction of sp³-hybridized carbons (Fsp3) is 0.545. The topological polar surface area (TPSA) is 85.1 Å². The predicted molar refractivity (Wildman–Crippen MR) is 74.3 cm³/mol. The van der Waals surface area contributed by atoms with Gasteiger partial charge in [-0.05, 0) is 31.4 Å². The first-order valence-electron chi connectivity index (χ1n) is 5.76. The molecule has 1 aromatic rings. The van der Waals surface area contributed by atoms with Gasteiger partial charge < -0.3 is 5.73 Å². The maximum Gasteiger partial charge on any atom is 0.235 e. The zero-order chi connectivity index (χ0) is 12.5. The summed E-state index contributed by atoms with van der Waals surface area (Å²) in [6.07, 6.45) is 3.85. The van der Waals surface area contributed by atoms with E-state index in [1.165, 1.54) is 0 Å². The van der Waals surface area contributed by atoms with Gasteiger partial charge in [0.1, 0.15) is 0 Å². The van der Waals surface area contributed by atoms with E-state index in [1.54, 1.807) is 18.3 Å². The van der Waals surface area contributed by atoms with Crippen molar-refractivity contribution in [1.82, 2.24) is 4.98 Å². The van der Waals surface area contributed by atoms with Crippen LogP contribution in [0.25, 0.3) is 0 Å². The number of nitrogens with zero attached hydrogens (tertiary/aromatic N) is 1. The van der Waals surface area contributed by atoms with Gasteiger partial charge in [0.2, 0.25) is 10.0 Å². The van der Waals surface area contributed by atoms with Gasteiger partial charge in [-0.15, -0.1) is 12.4 Å². The molecule has 0 bridgehead atoms. The van der Waals surface area contributed by atoms with E-state index in [0.717, 1.165) is 19.3 Å². The molecule has 1 atom stereocenters. The van der Waals surface area contributed by atoms with E-state index in [0.29, 0.717) is 11.4 Å². The van der Waals surface area contributed by atoms with Crippen molar-refractivity contribution in [1.29, 1.82) is 0 Å². The lowest BCUT2D eigenvalue weighted by Crippen LogP contribution is -2.18. The molecule has 0 spiro atoms. The molecule has 1 aliphatic rings. The number of pyridine rings is 1. The van der Waals surface area contributed by atoms with Gasteiger partial charge in [-0.1, -0.05) is 6.92 Å². The molecule has 0 aromatic carbocycles. The average Bonchev–Trinajstić information content (AvgIpc) is 3.11. The van der Waals surface area contributed by atoms with Crippen LogP contribution in [0.4, 0.5) is 5.69 Å². The smallest absolute Gasteiger partial charge is 0.235 e. The van der Waals surface area contributed by atoms with Gasteiger partial charge in [0.25, 0.3) is 0 Å². The molecule has 1 heterocycles. The molecule has 1 aliphatic carbocycles. The molecule has 1 unspecified atom stereocenters. The Kier molecular flexibility index (Phi) is 4.95. The molecule has 0 saturated heterocycles. The number of nitrogens with two attached hydrogens (primary N) is 1. The highest BCUT2D eigenvalue weighted by Crippen LogP contribution is 2.29. The minimum Gasteiger partial charge on any atom is -0.323 e. The van der Waals surface area contributed by atoms with Crippen molar-refractivity contribution in [3.05, 3.63) is 24.0 Å². The summed E-state index contributed by atoms with van der Waals surface area (Å²) in [5.74, 6) is 0. The Bertz CT molecular complexity index is 503. The summed E-state index contributed by atoms with van der Waals surface area (Å²) in [7, 11) is -3.21. The lowest BCUT2D eigenvalue weighted by molar-refractivity contribution is 0.600. The summed E-state index contributed by atoms with van der Waals surface area (Å²) in [5, 5.41) is -0.223. The van der Waals surface area contributed by atoms with Crippen LogP contribution in [0.15, 0.2) is 18.3 Å². The molecule has 3 N–H and O–H groups in total. The largest absolute Gasteiger partial charge is 0.323 e. The standard InChI is InChI=1S/C11H17N3O2S.ClH/c1-2-10(12)11-7-8(5-6-13-11)14-17(15,16)9-3-4-9;/h5-7,9-10H,2-4,12H2,1H3,(H,13,14);1H. The Morgan fingerprint density at radius 3 is 2.78 bits per heavy atom. The summed E-state index contributed by atoms with van der Waals surface area (Å²) >= 11 is 0. The van der Waals surface area contributed by atoms with E-state index in [1.807, 2.05) is 6.92 Å². The first-order chi connectivity index (χ1) is 8.03. The van der Waals surface area contributed by atoms with Crippen molar-refractivity contribution >= 4 is 28.1 Å². The zero-order valence-electron chi connectivity index (χ0n) is 10.2. The van der Waals surface area contributed by atoms with E-state index in [2.05, 4.69) is 9.71 Å². The molecule has 5 nitrogen and oxygen atoms in total. The second kappa shape index (κ2) is 5.86. The van der Waals surface area contributed by atoms with Gasteiger partial charge in [-0.25, -0.2) is 8.42 Å². The molecular formula is C11H18ClN3O2S. The molecule has 1 fully saturated rings. The first kappa shape index (κ1) is 15.2. The molecular weight excluding hydrogens is 274 g/mol. The minimum atomic E-state index is -3.21. The Morgan fingerprint density at radius 2 is 2.22 bits per heavy atom. The van der Waals surface area contributed by atoms with Crippen molar-refractivity contribution in [2.75, 3.05) is 4.72 Å². The Labute approximate surface area is 114 Å². The van der Waals surface area contributed by atoms with E-state index in [9.17, 15) is 8.42 Å². The lowest BCUT2D eigenvalue weighted by Gasteiger charge is -2.11. The number of halogens is 1. The molecule has 2 rings (SSSR count). The second-order valence-electron chi connectivity index (χ2n) is 4.33. The van der Waals surface area contributed by atoms with Gasteiger partial charge >= 0.3 is 0 Å². The van der Waals surface area contributed by atoms with Crippen LogP contribution in [0.5, 0.6) is 0 Å². The van der Waals surface area contributed by atoms with Crippen molar-refractivity contribution in [3.8, 4) is 0 Å². The number of anilines is 1. The van der Waals surface area contributed by atoms with Crippen molar-refractivity contribution < 1.29 is 8.42 Å². The maximum atomic E-state index is 11.8. The molecule has 0 amide bonds. The normalized spacial score (nSPS) is 16.8. The quantitative estimate of drug-likeness (QED) is 0.866. The molecule has 18 heavy (non-hydrogen) atoms. The highest BCUT2D eigenvalue weighted by molar-refractivity contribution is 7.93. The maximum absolute atomic E-state index is 11.8. The lowest BCUT2D eigenvalue weighted by atomic mass is 10.1. The second-order valence-corrected chi connectivity index (χ2v) is 6.29. The highest BCUT2D eigenvalue weighted by atomic mass is 35.5. The number of rotatable bonds is 5. The molecule has 7 heteroatoms. The number of sulfonamides is 1. The molecule has 1 aromatic heterocycles. The van der Waals surface area contributed by atoms with Crippen LogP contribution in [0, 0.1) is 0 Å². The number of hydrogen-bond acceptors (Lipinski definition) is 4. The summed E-state index contributed by atoms with van der Waals surface area (Å²) < 4.78 is 26.1. The fourth-order valence-electron chi connectivity index (χ4n) is 1.55. The summed E-state index contributed by atoms with van der Waals surface area (Å²) in [4.78, 5) is 4.14. The van der Waals surface area contributed by atoms with E-state index < -0.39 is 10.0 Å². The van der Waals surface area contributed by atoms with Crippen LogP contribution >= 0.6 is 12.4 Å². The van der Waals surface area contributed by atoms with Crippen LogP contribution in [0.1, 0.15) is 37.9 Å². The van der Waals surface area contributed by atoms with Gasteiger partial charge in [0.15, 0.2) is 0 Å². The SMILES string of the molecule is CCC(N)c1cc(NS(=O)(=O)C2CC2)ccn1.Cl. The van der Waals surface area contributed by atoms with E-state index in [4.69, 9.17) is 5.73 Å². The van der Waals surface area contributed by atoms with Crippen LogP contribution in [-0.4, -0.2) is 18.7 Å². The zero-order valence-corrected chi connectivity index (χ0v) is 11.8. The summed E-state index contributed by atoms with van der Waals surface area (Å²) in [6.45, 7) is 1.97. The third-order valence-electron chi connectivity index (χ3n) is 2.82. The monoisotopic (exact) mass is 291 g/mol. The minimum absolute atomic E-state index is 0. The van der Waals surface area contributed by atoms with Crippen molar-refractivity contribution in [2.45, 2.75) is 37.5 Å². The van der Waals surface area contributed by atoms with E-state index in [-0.39, 0.29) is 23.7 Å².